The van der Waals surface area contributed by atoms with E-state index in [-0.39, 0.29) is 24.7 Å². The van der Waals surface area contributed by atoms with Crippen LogP contribution in [-0.2, 0) is 22.6 Å². The van der Waals surface area contributed by atoms with Gasteiger partial charge in [-0.1, -0.05) is 42.5 Å². The first-order valence-corrected chi connectivity index (χ1v) is 12.9. The minimum absolute atomic E-state index is 0.0818. The molecule has 0 bridgehead atoms. The Morgan fingerprint density at radius 2 is 1.79 bits per heavy atom. The number of nitrogens with zero attached hydrogens (tertiary/aromatic N) is 2. The van der Waals surface area contributed by atoms with E-state index in [0.717, 1.165) is 22.4 Å². The van der Waals surface area contributed by atoms with Gasteiger partial charge in [-0.2, -0.15) is 5.10 Å². The molecule has 1 aliphatic heterocycles. The van der Waals surface area contributed by atoms with Crippen molar-refractivity contribution < 1.29 is 28.9 Å². The third-order valence-electron chi connectivity index (χ3n) is 6.26. The lowest BCUT2D eigenvalue weighted by molar-refractivity contribution is -0.133. The molecule has 0 fully saturated rings. The van der Waals surface area contributed by atoms with Crippen molar-refractivity contribution in [2.75, 3.05) is 20.3 Å². The van der Waals surface area contributed by atoms with Crippen LogP contribution < -0.4 is 14.8 Å². The summed E-state index contributed by atoms with van der Waals surface area (Å²) in [6.45, 7) is 2.89. The predicted molar refractivity (Wildman–Crippen MR) is 147 cm³/mol. The van der Waals surface area contributed by atoms with E-state index in [4.69, 9.17) is 14.2 Å². The normalized spacial score (nSPS) is 13.7. The van der Waals surface area contributed by atoms with Gasteiger partial charge in [0.25, 0.3) is 5.91 Å². The summed E-state index contributed by atoms with van der Waals surface area (Å²) in [5, 5.41) is 18.4. The fourth-order valence-electron chi connectivity index (χ4n) is 4.28. The van der Waals surface area contributed by atoms with Crippen molar-refractivity contribution in [3.63, 3.8) is 0 Å². The third kappa shape index (κ3) is 7.50. The number of phenolic OH excluding ortho intramolecular Hbond substituents is 1. The van der Waals surface area contributed by atoms with Crippen LogP contribution in [0, 0.1) is 0 Å². The summed E-state index contributed by atoms with van der Waals surface area (Å²) in [5.41, 5.74) is 3.19. The van der Waals surface area contributed by atoms with E-state index in [0.29, 0.717) is 37.5 Å². The maximum absolute atomic E-state index is 13.7. The van der Waals surface area contributed by atoms with Gasteiger partial charge >= 0.3 is 6.09 Å². The van der Waals surface area contributed by atoms with Gasteiger partial charge in [-0.05, 0) is 61.2 Å². The van der Waals surface area contributed by atoms with Crippen molar-refractivity contribution in [2.24, 2.45) is 5.10 Å². The average Bonchev–Trinajstić information content (AvgIpc) is 2.97. The number of carbonyl (C=O) groups excluding carboxylic acids is 2. The average molecular weight is 532 g/mol. The molecule has 39 heavy (non-hydrogen) atoms. The standard InChI is InChI=1S/C30H33N3O6/c1-3-38-28-19-23(13-16-27(28)37-2)25-10-7-17-33(32-25)29(35)26(18-21-11-14-24(34)15-12-21)31-30(36)39-20-22-8-5-4-6-9-22/h4-6,8-9,11-16,19,26,34H,3,7,10,17-18,20H2,1-2H3,(H,31,36)/t26-/m1/s1. The Kier molecular flexibility index (Phi) is 9.39. The van der Waals surface area contributed by atoms with Gasteiger partial charge in [0.05, 0.1) is 19.4 Å². The summed E-state index contributed by atoms with van der Waals surface area (Å²) in [4.78, 5) is 26.4. The van der Waals surface area contributed by atoms with Crippen LogP contribution in [0.1, 0.15) is 36.5 Å². The first kappa shape index (κ1) is 27.5. The molecule has 1 atom stereocenters. The van der Waals surface area contributed by atoms with Crippen LogP contribution in [0.2, 0.25) is 0 Å². The van der Waals surface area contributed by atoms with Crippen LogP contribution in [0.3, 0.4) is 0 Å². The Morgan fingerprint density at radius 1 is 1.03 bits per heavy atom. The number of rotatable bonds is 10. The zero-order chi connectivity index (χ0) is 27.6. The Balaban J connectivity index is 1.53. The van der Waals surface area contributed by atoms with Crippen LogP contribution in [0.25, 0.3) is 0 Å². The summed E-state index contributed by atoms with van der Waals surface area (Å²) in [6.07, 6.45) is 0.911. The summed E-state index contributed by atoms with van der Waals surface area (Å²) in [5.74, 6) is 0.998. The SMILES string of the molecule is CCOc1cc(C2=NN(C(=O)[C@@H](Cc3ccc(O)cc3)NC(=O)OCc3ccccc3)CCC2)ccc1OC. The lowest BCUT2D eigenvalue weighted by atomic mass is 10.0. The monoisotopic (exact) mass is 531 g/mol. The first-order chi connectivity index (χ1) is 19.0. The zero-order valence-electron chi connectivity index (χ0n) is 22.1. The largest absolute Gasteiger partial charge is 0.508 e. The number of benzene rings is 3. The molecule has 4 rings (SSSR count). The molecule has 0 spiro atoms. The molecule has 2 amide bonds. The highest BCUT2D eigenvalue weighted by atomic mass is 16.5. The number of hydrazone groups is 1. The quantitative estimate of drug-likeness (QED) is 0.394. The highest BCUT2D eigenvalue weighted by Crippen LogP contribution is 2.29. The van der Waals surface area contributed by atoms with Gasteiger partial charge < -0.3 is 24.6 Å². The number of ether oxygens (including phenoxy) is 3. The number of nitrogens with one attached hydrogen (secondary N) is 1. The van der Waals surface area contributed by atoms with E-state index in [2.05, 4.69) is 10.4 Å². The molecule has 0 aromatic heterocycles. The summed E-state index contributed by atoms with van der Waals surface area (Å²) >= 11 is 0. The lowest BCUT2D eigenvalue weighted by Crippen LogP contribution is -2.49. The van der Waals surface area contributed by atoms with Crippen molar-refractivity contribution in [2.45, 2.75) is 38.8 Å². The number of amides is 2. The van der Waals surface area contributed by atoms with Gasteiger partial charge in [-0.25, -0.2) is 9.80 Å². The van der Waals surface area contributed by atoms with Crippen LogP contribution in [0.4, 0.5) is 4.79 Å². The van der Waals surface area contributed by atoms with E-state index < -0.39 is 12.1 Å². The van der Waals surface area contributed by atoms with Crippen molar-refractivity contribution in [1.82, 2.24) is 10.3 Å². The van der Waals surface area contributed by atoms with Gasteiger partial charge in [0.1, 0.15) is 18.4 Å². The number of hydrogen-bond donors (Lipinski definition) is 2. The van der Waals surface area contributed by atoms with E-state index in [9.17, 15) is 14.7 Å². The molecule has 1 heterocycles. The Bertz CT molecular complexity index is 1290. The highest BCUT2D eigenvalue weighted by Gasteiger charge is 2.29. The van der Waals surface area contributed by atoms with Crippen molar-refractivity contribution in [3.05, 3.63) is 89.5 Å². The van der Waals surface area contributed by atoms with E-state index in [1.807, 2.05) is 55.5 Å². The molecule has 3 aromatic rings. The zero-order valence-corrected chi connectivity index (χ0v) is 22.1. The number of hydrogen-bond acceptors (Lipinski definition) is 7. The molecule has 0 unspecified atom stereocenters. The molecule has 0 saturated heterocycles. The summed E-state index contributed by atoms with van der Waals surface area (Å²) < 4.78 is 16.5. The van der Waals surface area contributed by atoms with Crippen LogP contribution >= 0.6 is 0 Å². The van der Waals surface area contributed by atoms with E-state index in [1.165, 1.54) is 5.01 Å². The molecular formula is C30H33N3O6. The molecule has 0 aliphatic carbocycles. The minimum Gasteiger partial charge on any atom is -0.508 e. The van der Waals surface area contributed by atoms with E-state index in [1.54, 1.807) is 31.4 Å². The van der Waals surface area contributed by atoms with Crippen LogP contribution in [0.5, 0.6) is 17.2 Å². The Morgan fingerprint density at radius 3 is 2.51 bits per heavy atom. The summed E-state index contributed by atoms with van der Waals surface area (Å²) in [6, 6.07) is 20.5. The fourth-order valence-corrected chi connectivity index (χ4v) is 4.28. The second kappa shape index (κ2) is 13.3. The summed E-state index contributed by atoms with van der Waals surface area (Å²) in [7, 11) is 1.59. The molecule has 9 nitrogen and oxygen atoms in total. The van der Waals surface area contributed by atoms with Crippen LogP contribution in [-0.4, -0.2) is 54.1 Å². The lowest BCUT2D eigenvalue weighted by Gasteiger charge is -2.28. The highest BCUT2D eigenvalue weighted by molar-refractivity contribution is 6.02. The van der Waals surface area contributed by atoms with Crippen molar-refractivity contribution in [1.29, 1.82) is 0 Å². The maximum Gasteiger partial charge on any atom is 0.408 e. The maximum atomic E-state index is 13.7. The number of phenols is 1. The number of aromatic hydroxyl groups is 1. The second-order valence-corrected chi connectivity index (χ2v) is 9.04. The molecule has 204 valence electrons. The molecule has 0 saturated carbocycles. The topological polar surface area (TPSA) is 110 Å². The van der Waals surface area contributed by atoms with Gasteiger partial charge in [0, 0.05) is 18.5 Å². The van der Waals surface area contributed by atoms with Gasteiger partial charge in [0.15, 0.2) is 11.5 Å². The smallest absolute Gasteiger partial charge is 0.408 e. The third-order valence-corrected chi connectivity index (χ3v) is 6.26. The Hall–Kier alpha value is -4.53. The van der Waals surface area contributed by atoms with Gasteiger partial charge in [-0.3, -0.25) is 4.79 Å². The van der Waals surface area contributed by atoms with Gasteiger partial charge in [-0.15, -0.1) is 0 Å². The molecule has 1 aliphatic rings. The first-order valence-electron chi connectivity index (χ1n) is 12.9. The fraction of sp³-hybridized carbons (Fsp3) is 0.300. The Labute approximate surface area is 228 Å². The second-order valence-electron chi connectivity index (χ2n) is 9.04. The van der Waals surface area contributed by atoms with Crippen molar-refractivity contribution in [3.8, 4) is 17.2 Å². The molecular weight excluding hydrogens is 498 g/mol. The molecule has 3 aromatic carbocycles. The van der Waals surface area contributed by atoms with Crippen LogP contribution in [0.15, 0.2) is 77.9 Å². The molecule has 9 heteroatoms. The number of alkyl carbamates (subject to hydrolysis) is 1. The van der Waals surface area contributed by atoms with Gasteiger partial charge in [0.2, 0.25) is 0 Å². The molecule has 2 N–H and O–H groups in total. The predicted octanol–water partition coefficient (Wildman–Crippen LogP) is 4.66. The van der Waals surface area contributed by atoms with E-state index >= 15 is 0 Å². The number of carbonyl (C=O) groups is 2. The van der Waals surface area contributed by atoms with Crippen molar-refractivity contribution >= 4 is 17.7 Å². The number of methoxy groups -OCH3 is 1. The minimum atomic E-state index is -0.921. The molecule has 0 radical (unpaired) electrons.